The van der Waals surface area contributed by atoms with Gasteiger partial charge in [0.15, 0.2) is 11.5 Å². The minimum atomic E-state index is 0.349. The standard InChI is InChI=1S/C24H22N2O5/c1-27-19-9-6-8-17(13-19)24-25-23(26-31-24)16-11-12-21(22(14-16)29-3)30-15-18-7-4-5-10-20(18)28-2/h4-14H,15H2,1-3H3. The molecule has 0 radical (unpaired) electrons. The third kappa shape index (κ3) is 4.45. The molecule has 31 heavy (non-hydrogen) atoms. The van der Waals surface area contributed by atoms with Gasteiger partial charge >= 0.3 is 0 Å². The van der Waals surface area contributed by atoms with Crippen molar-refractivity contribution >= 4 is 0 Å². The van der Waals surface area contributed by atoms with Crippen molar-refractivity contribution in [2.75, 3.05) is 21.3 Å². The predicted molar refractivity (Wildman–Crippen MR) is 116 cm³/mol. The van der Waals surface area contributed by atoms with E-state index in [0.29, 0.717) is 29.8 Å². The van der Waals surface area contributed by atoms with Crippen LogP contribution < -0.4 is 18.9 Å². The third-order valence-corrected chi connectivity index (χ3v) is 4.74. The molecule has 3 aromatic carbocycles. The van der Waals surface area contributed by atoms with Crippen LogP contribution in [0.1, 0.15) is 5.56 Å². The molecule has 1 heterocycles. The van der Waals surface area contributed by atoms with Gasteiger partial charge in [0.2, 0.25) is 5.82 Å². The van der Waals surface area contributed by atoms with E-state index in [-0.39, 0.29) is 0 Å². The lowest BCUT2D eigenvalue weighted by Crippen LogP contribution is -2.00. The molecule has 1 aromatic heterocycles. The number of para-hydroxylation sites is 1. The Bertz CT molecular complexity index is 1170. The zero-order chi connectivity index (χ0) is 21.6. The number of hydrogen-bond acceptors (Lipinski definition) is 7. The van der Waals surface area contributed by atoms with Crippen LogP contribution in [-0.4, -0.2) is 31.5 Å². The average Bonchev–Trinajstić information content (AvgIpc) is 3.33. The van der Waals surface area contributed by atoms with Crippen LogP contribution in [0.15, 0.2) is 71.3 Å². The van der Waals surface area contributed by atoms with Crippen LogP contribution in [0.5, 0.6) is 23.0 Å². The van der Waals surface area contributed by atoms with Crippen molar-refractivity contribution in [3.8, 4) is 45.8 Å². The minimum absolute atomic E-state index is 0.349. The first-order valence-electron chi connectivity index (χ1n) is 9.63. The molecule has 7 nitrogen and oxygen atoms in total. The molecule has 0 fully saturated rings. The highest BCUT2D eigenvalue weighted by atomic mass is 16.5. The van der Waals surface area contributed by atoms with Crippen LogP contribution in [0.25, 0.3) is 22.8 Å². The molecule has 4 rings (SSSR count). The van der Waals surface area contributed by atoms with Crippen molar-refractivity contribution in [3.05, 3.63) is 72.3 Å². The van der Waals surface area contributed by atoms with Crippen molar-refractivity contribution in [2.24, 2.45) is 0 Å². The maximum absolute atomic E-state index is 5.96. The summed E-state index contributed by atoms with van der Waals surface area (Å²) in [4.78, 5) is 4.50. The fourth-order valence-corrected chi connectivity index (χ4v) is 3.12. The predicted octanol–water partition coefficient (Wildman–Crippen LogP) is 5.01. The topological polar surface area (TPSA) is 75.8 Å². The Morgan fingerprint density at radius 1 is 0.742 bits per heavy atom. The van der Waals surface area contributed by atoms with Crippen LogP contribution in [0, 0.1) is 0 Å². The molecule has 0 spiro atoms. The average molecular weight is 418 g/mol. The number of benzene rings is 3. The second-order valence-corrected chi connectivity index (χ2v) is 6.62. The summed E-state index contributed by atoms with van der Waals surface area (Å²) in [6, 6.07) is 20.7. The zero-order valence-electron chi connectivity index (χ0n) is 17.5. The number of ether oxygens (including phenoxy) is 4. The molecule has 0 N–H and O–H groups in total. The van der Waals surface area contributed by atoms with E-state index in [2.05, 4.69) is 10.1 Å². The van der Waals surface area contributed by atoms with Crippen molar-refractivity contribution in [1.29, 1.82) is 0 Å². The Morgan fingerprint density at radius 3 is 2.39 bits per heavy atom. The lowest BCUT2D eigenvalue weighted by atomic mass is 10.2. The van der Waals surface area contributed by atoms with Crippen molar-refractivity contribution in [2.45, 2.75) is 6.61 Å². The molecule has 0 bridgehead atoms. The molecule has 158 valence electrons. The molecule has 4 aromatic rings. The fraction of sp³-hybridized carbons (Fsp3) is 0.167. The van der Waals surface area contributed by atoms with Crippen molar-refractivity contribution in [1.82, 2.24) is 10.1 Å². The number of aromatic nitrogens is 2. The van der Waals surface area contributed by atoms with Crippen LogP contribution >= 0.6 is 0 Å². The van der Waals surface area contributed by atoms with Gasteiger partial charge in [0.25, 0.3) is 5.89 Å². The third-order valence-electron chi connectivity index (χ3n) is 4.74. The summed E-state index contributed by atoms with van der Waals surface area (Å²) in [5.74, 6) is 3.52. The highest BCUT2D eigenvalue weighted by Gasteiger charge is 2.14. The van der Waals surface area contributed by atoms with E-state index in [4.69, 9.17) is 23.5 Å². The first kappa shape index (κ1) is 20.3. The van der Waals surface area contributed by atoms with E-state index in [1.54, 1.807) is 21.3 Å². The van der Waals surface area contributed by atoms with Crippen molar-refractivity contribution in [3.63, 3.8) is 0 Å². The van der Waals surface area contributed by atoms with E-state index in [1.807, 2.05) is 66.7 Å². The molecule has 7 heteroatoms. The highest BCUT2D eigenvalue weighted by molar-refractivity contribution is 5.64. The first-order valence-corrected chi connectivity index (χ1v) is 9.63. The Hall–Kier alpha value is -4.00. The Labute approximate surface area is 180 Å². The highest BCUT2D eigenvalue weighted by Crippen LogP contribution is 2.33. The van der Waals surface area contributed by atoms with Gasteiger partial charge in [-0.3, -0.25) is 0 Å². The van der Waals surface area contributed by atoms with Gasteiger partial charge in [0.05, 0.1) is 21.3 Å². The largest absolute Gasteiger partial charge is 0.497 e. The number of hydrogen-bond donors (Lipinski definition) is 0. The molecule has 0 aliphatic carbocycles. The van der Waals surface area contributed by atoms with E-state index in [9.17, 15) is 0 Å². The second kappa shape index (κ2) is 9.21. The molecule has 0 saturated heterocycles. The van der Waals surface area contributed by atoms with Gasteiger partial charge in [0, 0.05) is 16.7 Å². The lowest BCUT2D eigenvalue weighted by molar-refractivity contribution is 0.278. The van der Waals surface area contributed by atoms with E-state index in [0.717, 1.165) is 28.2 Å². The smallest absolute Gasteiger partial charge is 0.258 e. The van der Waals surface area contributed by atoms with Gasteiger partial charge < -0.3 is 23.5 Å². The molecule has 0 saturated carbocycles. The molecule has 0 amide bonds. The molecule has 0 aliphatic heterocycles. The maximum atomic E-state index is 5.96. The van der Waals surface area contributed by atoms with Crippen LogP contribution in [0.4, 0.5) is 0 Å². The summed E-state index contributed by atoms with van der Waals surface area (Å²) in [6.45, 7) is 0.349. The minimum Gasteiger partial charge on any atom is -0.497 e. The Morgan fingerprint density at radius 2 is 1.58 bits per heavy atom. The lowest BCUT2D eigenvalue weighted by Gasteiger charge is -2.13. The van der Waals surface area contributed by atoms with Gasteiger partial charge in [-0.2, -0.15) is 4.98 Å². The summed E-state index contributed by atoms with van der Waals surface area (Å²) >= 11 is 0. The van der Waals surface area contributed by atoms with E-state index >= 15 is 0 Å². The Kier molecular flexibility index (Phi) is 6.03. The molecule has 0 aliphatic rings. The van der Waals surface area contributed by atoms with Gasteiger partial charge in [-0.25, -0.2) is 0 Å². The summed E-state index contributed by atoms with van der Waals surface area (Å²) < 4.78 is 27.5. The fourth-order valence-electron chi connectivity index (χ4n) is 3.12. The number of rotatable bonds is 8. The monoisotopic (exact) mass is 418 g/mol. The molecule has 0 atom stereocenters. The van der Waals surface area contributed by atoms with Crippen LogP contribution in [-0.2, 0) is 6.61 Å². The maximum Gasteiger partial charge on any atom is 0.258 e. The van der Waals surface area contributed by atoms with Gasteiger partial charge in [0.1, 0.15) is 18.1 Å². The Balaban J connectivity index is 1.55. The zero-order valence-corrected chi connectivity index (χ0v) is 17.5. The SMILES string of the molecule is COc1cccc(-c2nc(-c3ccc(OCc4ccccc4OC)c(OC)c3)no2)c1. The van der Waals surface area contributed by atoms with E-state index in [1.165, 1.54) is 0 Å². The molecular formula is C24H22N2O5. The number of nitrogens with zero attached hydrogens (tertiary/aromatic N) is 2. The first-order chi connectivity index (χ1) is 15.2. The quantitative estimate of drug-likeness (QED) is 0.398. The van der Waals surface area contributed by atoms with E-state index < -0.39 is 0 Å². The number of methoxy groups -OCH3 is 3. The summed E-state index contributed by atoms with van der Waals surface area (Å²) in [7, 11) is 4.84. The molecular weight excluding hydrogens is 396 g/mol. The van der Waals surface area contributed by atoms with Crippen LogP contribution in [0.2, 0.25) is 0 Å². The van der Waals surface area contributed by atoms with Gasteiger partial charge in [-0.15, -0.1) is 0 Å². The van der Waals surface area contributed by atoms with Crippen molar-refractivity contribution < 1.29 is 23.5 Å². The summed E-state index contributed by atoms with van der Waals surface area (Å²) in [5, 5.41) is 4.10. The van der Waals surface area contributed by atoms with Gasteiger partial charge in [-0.05, 0) is 42.5 Å². The van der Waals surface area contributed by atoms with Gasteiger partial charge in [-0.1, -0.05) is 29.4 Å². The molecule has 0 unspecified atom stereocenters. The normalized spacial score (nSPS) is 10.5. The summed E-state index contributed by atoms with van der Waals surface area (Å²) in [5.41, 5.74) is 2.47. The second-order valence-electron chi connectivity index (χ2n) is 6.62. The summed E-state index contributed by atoms with van der Waals surface area (Å²) in [6.07, 6.45) is 0. The van der Waals surface area contributed by atoms with Crippen LogP contribution in [0.3, 0.4) is 0 Å².